The molecule has 0 radical (unpaired) electrons. The Bertz CT molecular complexity index is 950. The van der Waals surface area contributed by atoms with Crippen LogP contribution < -0.4 is 0 Å². The van der Waals surface area contributed by atoms with Gasteiger partial charge in [0.2, 0.25) is 0 Å². The molecule has 4 aromatic rings. The van der Waals surface area contributed by atoms with Crippen molar-refractivity contribution < 1.29 is 0 Å². The number of hydrogen-bond donors (Lipinski definition) is 0. The van der Waals surface area contributed by atoms with E-state index in [1.54, 1.807) is 0 Å². The largest absolute Gasteiger partial charge is 0.343 e. The Morgan fingerprint density at radius 1 is 0.857 bits per heavy atom. The van der Waals surface area contributed by atoms with Gasteiger partial charge in [0.15, 0.2) is 0 Å². The summed E-state index contributed by atoms with van der Waals surface area (Å²) in [6.07, 6.45) is 2.00. The van der Waals surface area contributed by atoms with Crippen LogP contribution in [0.15, 0.2) is 60.8 Å². The van der Waals surface area contributed by atoms with Crippen molar-refractivity contribution in [2.24, 2.45) is 7.05 Å². The van der Waals surface area contributed by atoms with Gasteiger partial charge in [-0.25, -0.2) is 0 Å². The first-order valence-electron chi connectivity index (χ1n) is 7.15. The molecule has 0 aliphatic rings. The smallest absolute Gasteiger partial charge is 0.0602 e. The third-order valence-corrected chi connectivity index (χ3v) is 4.19. The second-order valence-corrected chi connectivity index (χ2v) is 5.42. The fourth-order valence-corrected chi connectivity index (χ4v) is 3.20. The summed E-state index contributed by atoms with van der Waals surface area (Å²) in [7, 11) is 2.14. The van der Waals surface area contributed by atoms with Crippen LogP contribution in [0.3, 0.4) is 0 Å². The molecule has 0 fully saturated rings. The Morgan fingerprint density at radius 3 is 2.38 bits per heavy atom. The molecule has 0 aliphatic heterocycles. The van der Waals surface area contributed by atoms with Crippen molar-refractivity contribution >= 4 is 21.8 Å². The van der Waals surface area contributed by atoms with E-state index < -0.39 is 0 Å². The molecule has 0 spiro atoms. The van der Waals surface area contributed by atoms with Gasteiger partial charge in [-0.15, -0.1) is 0 Å². The fourth-order valence-electron chi connectivity index (χ4n) is 3.20. The summed E-state index contributed by atoms with van der Waals surface area (Å²) < 4.78 is 2.28. The number of aromatic nitrogens is 2. The average Bonchev–Trinajstić information content (AvgIpc) is 2.82. The van der Waals surface area contributed by atoms with Crippen LogP contribution in [0.2, 0.25) is 0 Å². The Balaban J connectivity index is 2.23. The van der Waals surface area contributed by atoms with Gasteiger partial charge in [-0.3, -0.25) is 4.98 Å². The number of rotatable bonds is 1. The lowest BCUT2D eigenvalue weighted by atomic mass is 10.0. The molecule has 4 rings (SSSR count). The number of nitrogens with zero attached hydrogens (tertiary/aromatic N) is 2. The third-order valence-electron chi connectivity index (χ3n) is 4.19. The molecule has 21 heavy (non-hydrogen) atoms. The van der Waals surface area contributed by atoms with E-state index in [9.17, 15) is 0 Å². The van der Waals surface area contributed by atoms with Crippen molar-refractivity contribution in [1.82, 2.24) is 9.55 Å². The van der Waals surface area contributed by atoms with Crippen LogP contribution in [0.5, 0.6) is 0 Å². The van der Waals surface area contributed by atoms with Gasteiger partial charge in [-0.2, -0.15) is 0 Å². The van der Waals surface area contributed by atoms with Crippen molar-refractivity contribution in [3.05, 3.63) is 66.5 Å². The van der Waals surface area contributed by atoms with Crippen LogP contribution in [-0.4, -0.2) is 9.55 Å². The van der Waals surface area contributed by atoms with Crippen molar-refractivity contribution in [1.29, 1.82) is 0 Å². The summed E-state index contributed by atoms with van der Waals surface area (Å²) in [5.74, 6) is 0. The van der Waals surface area contributed by atoms with Gasteiger partial charge >= 0.3 is 0 Å². The van der Waals surface area contributed by atoms with Gasteiger partial charge in [0.1, 0.15) is 0 Å². The molecule has 0 saturated heterocycles. The van der Waals surface area contributed by atoms with Gasteiger partial charge in [-0.1, -0.05) is 48.5 Å². The molecule has 2 heteroatoms. The molecule has 2 heterocycles. The Morgan fingerprint density at radius 2 is 1.57 bits per heavy atom. The number of benzene rings is 2. The van der Waals surface area contributed by atoms with Gasteiger partial charge in [-0.05, 0) is 18.6 Å². The monoisotopic (exact) mass is 272 g/mol. The Kier molecular flexibility index (Phi) is 2.58. The topological polar surface area (TPSA) is 17.8 Å². The molecule has 0 atom stereocenters. The molecule has 0 aliphatic carbocycles. The van der Waals surface area contributed by atoms with E-state index in [-0.39, 0.29) is 0 Å². The molecule has 2 nitrogen and oxygen atoms in total. The van der Waals surface area contributed by atoms with E-state index >= 15 is 0 Å². The van der Waals surface area contributed by atoms with Gasteiger partial charge in [0.25, 0.3) is 0 Å². The first-order valence-corrected chi connectivity index (χ1v) is 7.15. The minimum atomic E-state index is 1.07. The summed E-state index contributed by atoms with van der Waals surface area (Å²) in [6, 6.07) is 19.0. The molecule has 2 aromatic heterocycles. The molecular formula is C19H16N2. The van der Waals surface area contributed by atoms with Crippen LogP contribution in [0.25, 0.3) is 32.9 Å². The minimum absolute atomic E-state index is 1.07. The predicted molar refractivity (Wildman–Crippen MR) is 88.4 cm³/mol. The molecule has 0 bridgehead atoms. The van der Waals surface area contributed by atoms with Crippen molar-refractivity contribution in [2.75, 3.05) is 0 Å². The SMILES string of the molecule is Cc1ncc2c3ccccc3n(C)c2c1-c1ccccc1. The average molecular weight is 272 g/mol. The second kappa shape index (κ2) is 4.45. The van der Waals surface area contributed by atoms with E-state index in [0.29, 0.717) is 0 Å². The lowest BCUT2D eigenvalue weighted by Gasteiger charge is -2.09. The number of pyridine rings is 1. The highest BCUT2D eigenvalue weighted by Gasteiger charge is 2.15. The predicted octanol–water partition coefficient (Wildman–Crippen LogP) is 4.70. The first kappa shape index (κ1) is 12.2. The number of fused-ring (bicyclic) bond motifs is 3. The lowest BCUT2D eigenvalue weighted by molar-refractivity contribution is 1.01. The maximum absolute atomic E-state index is 4.63. The third kappa shape index (κ3) is 1.69. The van der Waals surface area contributed by atoms with Crippen LogP contribution in [0.4, 0.5) is 0 Å². The quantitative estimate of drug-likeness (QED) is 0.491. The first-order chi connectivity index (χ1) is 10.3. The molecule has 0 N–H and O–H groups in total. The van der Waals surface area contributed by atoms with E-state index in [4.69, 9.17) is 0 Å². The Labute approximate surface area is 123 Å². The van der Waals surface area contributed by atoms with Crippen LogP contribution >= 0.6 is 0 Å². The van der Waals surface area contributed by atoms with Gasteiger partial charge < -0.3 is 4.57 Å². The lowest BCUT2D eigenvalue weighted by Crippen LogP contribution is -1.94. The van der Waals surface area contributed by atoms with Crippen molar-refractivity contribution in [2.45, 2.75) is 6.92 Å². The summed E-state index contributed by atoms with van der Waals surface area (Å²) in [6.45, 7) is 2.08. The standard InChI is InChI=1S/C19H16N2/c1-13-18(14-8-4-3-5-9-14)19-16(12-20-13)15-10-6-7-11-17(15)21(19)2/h3-12H,1-2H3. The fraction of sp³-hybridized carbons (Fsp3) is 0.105. The summed E-state index contributed by atoms with van der Waals surface area (Å²) >= 11 is 0. The number of aryl methyl sites for hydroxylation is 2. The Hall–Kier alpha value is -2.61. The zero-order valence-electron chi connectivity index (χ0n) is 12.2. The maximum Gasteiger partial charge on any atom is 0.0602 e. The highest BCUT2D eigenvalue weighted by Crippen LogP contribution is 2.35. The highest BCUT2D eigenvalue weighted by molar-refractivity contribution is 6.12. The summed E-state index contributed by atoms with van der Waals surface area (Å²) in [4.78, 5) is 4.63. The molecule has 102 valence electrons. The van der Waals surface area contributed by atoms with E-state index in [2.05, 4.69) is 72.1 Å². The zero-order chi connectivity index (χ0) is 14.4. The van der Waals surface area contributed by atoms with Gasteiger partial charge in [0.05, 0.1) is 5.52 Å². The van der Waals surface area contributed by atoms with Crippen molar-refractivity contribution in [3.8, 4) is 11.1 Å². The number of para-hydroxylation sites is 1. The van der Waals surface area contributed by atoms with Gasteiger partial charge in [0, 0.05) is 40.8 Å². The van der Waals surface area contributed by atoms with Crippen LogP contribution in [-0.2, 0) is 7.05 Å². The normalized spacial score (nSPS) is 11.3. The maximum atomic E-state index is 4.63. The molecule has 0 saturated carbocycles. The molecular weight excluding hydrogens is 256 g/mol. The summed E-state index contributed by atoms with van der Waals surface area (Å²) in [5, 5.41) is 2.48. The van der Waals surface area contributed by atoms with E-state index in [1.165, 1.54) is 32.9 Å². The molecule has 2 aromatic carbocycles. The minimum Gasteiger partial charge on any atom is -0.343 e. The number of hydrogen-bond acceptors (Lipinski definition) is 1. The molecule has 0 unspecified atom stereocenters. The second-order valence-electron chi connectivity index (χ2n) is 5.42. The zero-order valence-corrected chi connectivity index (χ0v) is 12.2. The van der Waals surface area contributed by atoms with E-state index in [0.717, 1.165) is 5.69 Å². The van der Waals surface area contributed by atoms with Crippen LogP contribution in [0.1, 0.15) is 5.69 Å². The van der Waals surface area contributed by atoms with E-state index in [1.807, 2.05) is 12.3 Å². The van der Waals surface area contributed by atoms with Crippen molar-refractivity contribution in [3.63, 3.8) is 0 Å². The summed E-state index contributed by atoms with van der Waals surface area (Å²) in [5.41, 5.74) is 6.03. The van der Waals surface area contributed by atoms with Crippen LogP contribution in [0, 0.1) is 6.92 Å². The molecule has 0 amide bonds. The highest BCUT2D eigenvalue weighted by atomic mass is 14.9.